The van der Waals surface area contributed by atoms with E-state index in [0.717, 1.165) is 35.3 Å². The molecule has 1 saturated heterocycles. The summed E-state index contributed by atoms with van der Waals surface area (Å²) in [6, 6.07) is 11.8. The van der Waals surface area contributed by atoms with Crippen molar-refractivity contribution < 1.29 is 9.59 Å². The van der Waals surface area contributed by atoms with Crippen molar-refractivity contribution in [1.82, 2.24) is 29.5 Å². The number of carbonyl (C=O) groups excluding carboxylic acids is 2. The van der Waals surface area contributed by atoms with Crippen LogP contribution in [0.4, 0.5) is 0 Å². The van der Waals surface area contributed by atoms with Crippen LogP contribution in [0.25, 0.3) is 22.3 Å². The third-order valence-electron chi connectivity index (χ3n) is 6.00. The van der Waals surface area contributed by atoms with Gasteiger partial charge in [-0.2, -0.15) is 5.10 Å². The number of nitrogens with zero attached hydrogens (tertiary/aromatic N) is 6. The van der Waals surface area contributed by atoms with Gasteiger partial charge in [0.05, 0.1) is 28.9 Å². The molecule has 8 nitrogen and oxygen atoms in total. The molecule has 0 aliphatic carbocycles. The number of rotatable bonds is 4. The number of aryl methyl sites for hydroxylation is 2. The Morgan fingerprint density at radius 1 is 1.06 bits per heavy atom. The molecule has 32 heavy (non-hydrogen) atoms. The molecular weight excluding hydrogens is 404 g/mol. The molecule has 1 aliphatic rings. The van der Waals surface area contributed by atoms with Crippen molar-refractivity contribution in [3.63, 3.8) is 0 Å². The van der Waals surface area contributed by atoms with Crippen LogP contribution >= 0.6 is 0 Å². The fourth-order valence-corrected chi connectivity index (χ4v) is 4.21. The van der Waals surface area contributed by atoms with Crippen LogP contribution in [0.2, 0.25) is 0 Å². The molecule has 2 amide bonds. The summed E-state index contributed by atoms with van der Waals surface area (Å²) in [7, 11) is 5.40. The van der Waals surface area contributed by atoms with Gasteiger partial charge in [-0.1, -0.05) is 30.3 Å². The van der Waals surface area contributed by atoms with Crippen molar-refractivity contribution in [2.24, 2.45) is 7.05 Å². The molecule has 0 radical (unpaired) electrons. The molecule has 0 spiro atoms. The highest BCUT2D eigenvalue weighted by Gasteiger charge is 2.26. The average Bonchev–Trinajstić information content (AvgIpc) is 2.94. The molecule has 4 rings (SSSR count). The monoisotopic (exact) mass is 434 g/mol. The molecular formula is C24H30N6O2. The fraction of sp³-hybridized carbons (Fsp3) is 0.417. The number of hydrogen-bond acceptors (Lipinski definition) is 5. The van der Waals surface area contributed by atoms with Gasteiger partial charge < -0.3 is 9.80 Å². The molecule has 2 aromatic heterocycles. The molecule has 0 N–H and O–H groups in total. The van der Waals surface area contributed by atoms with E-state index in [0.29, 0.717) is 37.4 Å². The van der Waals surface area contributed by atoms with E-state index in [1.54, 1.807) is 23.7 Å². The fourth-order valence-electron chi connectivity index (χ4n) is 4.21. The van der Waals surface area contributed by atoms with Gasteiger partial charge in [0.15, 0.2) is 5.65 Å². The number of fused-ring (bicyclic) bond motifs is 1. The van der Waals surface area contributed by atoms with Gasteiger partial charge in [0.25, 0.3) is 5.91 Å². The van der Waals surface area contributed by atoms with Gasteiger partial charge in [-0.15, -0.1) is 0 Å². The number of likely N-dealkylation sites (N-methyl/N-ethyl adjacent to an activating group) is 1. The molecule has 3 heterocycles. The Bertz CT molecular complexity index is 1140. The summed E-state index contributed by atoms with van der Waals surface area (Å²) in [6.45, 7) is 5.03. The normalized spacial score (nSPS) is 15.1. The van der Waals surface area contributed by atoms with Crippen molar-refractivity contribution in [2.75, 3.05) is 46.8 Å². The first kappa shape index (κ1) is 22.0. The number of hydrogen-bond donors (Lipinski definition) is 0. The van der Waals surface area contributed by atoms with Crippen molar-refractivity contribution >= 4 is 22.8 Å². The molecule has 1 fully saturated rings. The lowest BCUT2D eigenvalue weighted by Crippen LogP contribution is -2.39. The first-order chi connectivity index (χ1) is 15.3. The van der Waals surface area contributed by atoms with Crippen molar-refractivity contribution in [1.29, 1.82) is 0 Å². The van der Waals surface area contributed by atoms with Gasteiger partial charge in [0, 0.05) is 52.9 Å². The second-order valence-electron chi connectivity index (χ2n) is 8.54. The third kappa shape index (κ3) is 4.36. The quantitative estimate of drug-likeness (QED) is 0.629. The Kier molecular flexibility index (Phi) is 6.23. The van der Waals surface area contributed by atoms with Crippen LogP contribution < -0.4 is 0 Å². The van der Waals surface area contributed by atoms with E-state index in [9.17, 15) is 9.59 Å². The van der Waals surface area contributed by atoms with Gasteiger partial charge in [0.1, 0.15) is 0 Å². The van der Waals surface area contributed by atoms with Crippen molar-refractivity contribution in [3.05, 3.63) is 47.7 Å². The van der Waals surface area contributed by atoms with Crippen molar-refractivity contribution in [2.45, 2.75) is 13.3 Å². The minimum atomic E-state index is -0.00790. The molecule has 168 valence electrons. The lowest BCUT2D eigenvalue weighted by Gasteiger charge is -2.23. The second-order valence-corrected chi connectivity index (χ2v) is 8.54. The Balaban J connectivity index is 1.65. The molecule has 8 heteroatoms. The smallest absolute Gasteiger partial charge is 0.254 e. The maximum Gasteiger partial charge on any atom is 0.254 e. The molecule has 1 aromatic carbocycles. The number of amides is 2. The van der Waals surface area contributed by atoms with Crippen LogP contribution in [-0.4, -0.2) is 88.1 Å². The number of benzene rings is 1. The van der Waals surface area contributed by atoms with E-state index in [4.69, 9.17) is 4.98 Å². The van der Waals surface area contributed by atoms with E-state index in [-0.39, 0.29) is 11.8 Å². The van der Waals surface area contributed by atoms with Crippen LogP contribution in [0, 0.1) is 6.92 Å². The molecule has 0 unspecified atom stereocenters. The van der Waals surface area contributed by atoms with Crippen molar-refractivity contribution in [3.8, 4) is 11.3 Å². The van der Waals surface area contributed by atoms with Crippen LogP contribution in [0.3, 0.4) is 0 Å². The zero-order chi connectivity index (χ0) is 22.8. The van der Waals surface area contributed by atoms with E-state index >= 15 is 0 Å². The summed E-state index contributed by atoms with van der Waals surface area (Å²) in [5, 5.41) is 5.33. The Morgan fingerprint density at radius 3 is 2.53 bits per heavy atom. The Morgan fingerprint density at radius 2 is 1.81 bits per heavy atom. The van der Waals surface area contributed by atoms with Gasteiger partial charge in [0.2, 0.25) is 5.91 Å². The summed E-state index contributed by atoms with van der Waals surface area (Å²) in [6.07, 6.45) is 0.832. The van der Waals surface area contributed by atoms with Gasteiger partial charge in [-0.3, -0.25) is 19.2 Å². The highest BCUT2D eigenvalue weighted by Crippen LogP contribution is 2.28. The first-order valence-corrected chi connectivity index (χ1v) is 11.0. The minimum absolute atomic E-state index is 0.00790. The van der Waals surface area contributed by atoms with Gasteiger partial charge in [-0.05, 0) is 19.4 Å². The summed E-state index contributed by atoms with van der Waals surface area (Å²) >= 11 is 0. The topological polar surface area (TPSA) is 74.6 Å². The van der Waals surface area contributed by atoms with Crippen LogP contribution in [-0.2, 0) is 11.8 Å². The zero-order valence-corrected chi connectivity index (χ0v) is 19.2. The van der Waals surface area contributed by atoms with Gasteiger partial charge in [-0.25, -0.2) is 4.98 Å². The van der Waals surface area contributed by atoms with Crippen LogP contribution in [0.5, 0.6) is 0 Å². The lowest BCUT2D eigenvalue weighted by molar-refractivity contribution is -0.129. The van der Waals surface area contributed by atoms with E-state index in [2.05, 4.69) is 10.00 Å². The van der Waals surface area contributed by atoms with E-state index in [1.165, 1.54) is 0 Å². The summed E-state index contributed by atoms with van der Waals surface area (Å²) in [5.74, 6) is 0.0746. The van der Waals surface area contributed by atoms with E-state index in [1.807, 2.05) is 55.3 Å². The highest BCUT2D eigenvalue weighted by atomic mass is 16.2. The predicted molar refractivity (Wildman–Crippen MR) is 124 cm³/mol. The number of carbonyl (C=O) groups is 2. The SMILES string of the molecule is Cc1nn(C)c2nc(-c3ccccc3)cc(C(=O)N3CCCN(CC(=O)N(C)C)CC3)c12. The molecule has 0 bridgehead atoms. The number of pyridine rings is 1. The van der Waals surface area contributed by atoms with Gasteiger partial charge >= 0.3 is 0 Å². The Hall–Kier alpha value is -3.26. The average molecular weight is 435 g/mol. The first-order valence-electron chi connectivity index (χ1n) is 11.0. The van der Waals surface area contributed by atoms with E-state index < -0.39 is 0 Å². The summed E-state index contributed by atoms with van der Waals surface area (Å²) in [5.41, 5.74) is 3.87. The molecule has 1 aliphatic heterocycles. The number of aromatic nitrogens is 3. The molecule has 0 atom stereocenters. The molecule has 0 saturated carbocycles. The Labute approximate surface area is 188 Å². The standard InChI is InChI=1S/C24H30N6O2/c1-17-22-19(15-20(18-9-6-5-7-10-18)25-23(22)28(4)26-17)24(32)30-12-8-11-29(13-14-30)16-21(31)27(2)3/h5-7,9-10,15H,8,11-14,16H2,1-4H3. The van der Waals surface area contributed by atoms with Crippen LogP contribution in [0.1, 0.15) is 22.5 Å². The molecule has 3 aromatic rings. The summed E-state index contributed by atoms with van der Waals surface area (Å²) < 4.78 is 1.74. The second kappa shape index (κ2) is 9.08. The maximum absolute atomic E-state index is 13.7. The van der Waals surface area contributed by atoms with Crippen LogP contribution in [0.15, 0.2) is 36.4 Å². The summed E-state index contributed by atoms with van der Waals surface area (Å²) in [4.78, 5) is 36.3. The third-order valence-corrected chi connectivity index (χ3v) is 6.00. The lowest BCUT2D eigenvalue weighted by atomic mass is 10.0. The predicted octanol–water partition coefficient (Wildman–Crippen LogP) is 2.18. The largest absolute Gasteiger partial charge is 0.348 e. The highest BCUT2D eigenvalue weighted by molar-refractivity contribution is 6.07. The zero-order valence-electron chi connectivity index (χ0n) is 19.2. The minimum Gasteiger partial charge on any atom is -0.348 e. The maximum atomic E-state index is 13.7.